The Hall–Kier alpha value is -10.7. The van der Waals surface area contributed by atoms with Crippen LogP contribution >= 0.6 is 0 Å². The van der Waals surface area contributed by atoms with E-state index in [0.29, 0.717) is 23.0 Å². The predicted octanol–water partition coefficient (Wildman–Crippen LogP) is 20.0. The Kier molecular flexibility index (Phi) is 3.28. The molecule has 6 heteroatoms. The van der Waals surface area contributed by atoms with E-state index in [1.165, 1.54) is 119 Å². The van der Waals surface area contributed by atoms with Crippen molar-refractivity contribution in [1.82, 2.24) is 0 Å². The van der Waals surface area contributed by atoms with Crippen molar-refractivity contribution < 1.29 is 23.8 Å². The SMILES string of the molecule is COc1cc2cc3cc(OC)c(OC)cc3c(C3=NOC45c6c7c8c9c%10c%11c(c%12c%13c4c4c6c6c%14c7c7c8c8c%10c%10c%15c%11c%11c%12c%12c%13c%13c4c4c6c6c%14c%14c7c7c8c%10c8c%10c%15c%11c%11c%12c%12c%13c4c4c6c6c%14c7c8c7c%10c%11c%12c4c67)C395)c2cc1OC. The fraction of sp³-hybridized carbons (Fsp3) is 0.0759. The van der Waals surface area contributed by atoms with Crippen LogP contribution < -0.4 is 18.9 Å². The van der Waals surface area contributed by atoms with Crippen molar-refractivity contribution in [1.29, 1.82) is 0 Å². The van der Waals surface area contributed by atoms with Crippen molar-refractivity contribution in [3.05, 3.63) is 58.1 Å². The maximum atomic E-state index is 8.48. The minimum Gasteiger partial charge on any atom is -0.493 e. The zero-order chi connectivity index (χ0) is 52.0. The predicted molar refractivity (Wildman–Crippen MR) is 349 cm³/mol. The van der Waals surface area contributed by atoms with Crippen LogP contribution in [0.4, 0.5) is 0 Å². The molecule has 0 aromatic heterocycles. The van der Waals surface area contributed by atoms with Gasteiger partial charge >= 0.3 is 0 Å². The number of rotatable bonds is 5. The Bertz CT molecular complexity index is 8290. The summed E-state index contributed by atoms with van der Waals surface area (Å²) in [5, 5.41) is 94.1. The first-order valence-corrected chi connectivity index (χ1v) is 30.4. The van der Waals surface area contributed by atoms with Crippen LogP contribution in [-0.2, 0) is 15.9 Å². The van der Waals surface area contributed by atoms with Gasteiger partial charge in [0.05, 0.1) is 28.4 Å². The van der Waals surface area contributed by atoms with Crippen LogP contribution in [0.2, 0.25) is 0 Å². The summed E-state index contributed by atoms with van der Waals surface area (Å²) in [4.78, 5) is 8.48. The Morgan fingerprint density at radius 2 is 0.447 bits per heavy atom. The molecule has 31 aromatic carbocycles. The second-order valence-electron chi connectivity index (χ2n) is 28.8. The number of benzene rings is 21. The molecule has 2 spiro atoms. The summed E-state index contributed by atoms with van der Waals surface area (Å²) in [6.45, 7) is 0. The first kappa shape index (κ1) is 34.0. The summed E-state index contributed by atoms with van der Waals surface area (Å²) >= 11 is 0. The Balaban J connectivity index is 0.995. The number of oxime groups is 1. The lowest BCUT2D eigenvalue weighted by atomic mass is 9.52. The monoisotopic (exact) mass is 1060 g/mol. The standard InChI is InChI=1S/C79H17NO5/c1-81-14-6-10-5-11-7-15(82-2)17(84-4)9-13(11)18(12(10)8-16(14)83-3)77-78-73-65-57-47-37-29-21-19-20-23-27-25(21)33-41-35(27)45-39-31(23)32-24(20)28-26-22(19)30(29)38-44-34(26)42-36(28)46-40(32)50-49(39)61-55(45)63-53(41)59(51(57)43(33)37)67(73)69(63)75-71(61)72-62(50)56(46)64-54(42)60-52(44)58(48(38)47)66(65)74(78)68(60)70(64)76(72)79(75,78)85-80-77/h5-9H,1-4H3. The third kappa shape index (κ3) is 2.01. The summed E-state index contributed by atoms with van der Waals surface area (Å²) in [6.07, 6.45) is 0. The summed E-state index contributed by atoms with van der Waals surface area (Å²) in [5.74, 6) is 2.75. The third-order valence-corrected chi connectivity index (χ3v) is 28.1. The van der Waals surface area contributed by atoms with E-state index in [0.717, 1.165) is 32.8 Å². The van der Waals surface area contributed by atoms with Gasteiger partial charge in [-0.2, -0.15) is 0 Å². The molecule has 1 heterocycles. The molecule has 4 aliphatic carbocycles. The van der Waals surface area contributed by atoms with E-state index in [-0.39, 0.29) is 0 Å². The van der Waals surface area contributed by atoms with Crippen LogP contribution in [0, 0.1) is 0 Å². The first-order valence-electron chi connectivity index (χ1n) is 30.4. The number of hydrogen-bond donors (Lipinski definition) is 0. The lowest BCUT2D eigenvalue weighted by Gasteiger charge is -2.47. The van der Waals surface area contributed by atoms with Crippen LogP contribution in [0.25, 0.3) is 312 Å². The van der Waals surface area contributed by atoms with Crippen molar-refractivity contribution in [2.24, 2.45) is 5.16 Å². The molecule has 0 amide bonds. The fourth-order valence-electron chi connectivity index (χ4n) is 27.2. The smallest absolute Gasteiger partial charge is 0.209 e. The molecule has 36 rings (SSSR count). The van der Waals surface area contributed by atoms with E-state index in [1.807, 2.05) is 0 Å². The highest BCUT2D eigenvalue weighted by atomic mass is 16.7. The molecule has 0 unspecified atom stereocenters. The number of methoxy groups -OCH3 is 4. The third-order valence-electron chi connectivity index (χ3n) is 28.1. The highest BCUT2D eigenvalue weighted by Gasteiger charge is 2.76. The maximum Gasteiger partial charge on any atom is 0.209 e. The van der Waals surface area contributed by atoms with Gasteiger partial charge in [-0.15, -0.1) is 0 Å². The number of ether oxygens (including phenoxy) is 4. The largest absolute Gasteiger partial charge is 0.493 e. The number of hydrogen-bond acceptors (Lipinski definition) is 6. The zero-order valence-corrected chi connectivity index (χ0v) is 44.4. The fourth-order valence-corrected chi connectivity index (χ4v) is 27.2. The van der Waals surface area contributed by atoms with Crippen molar-refractivity contribution in [3.63, 3.8) is 0 Å². The van der Waals surface area contributed by atoms with Crippen molar-refractivity contribution in [3.8, 4) is 23.0 Å². The molecule has 0 atom stereocenters. The van der Waals surface area contributed by atoms with E-state index in [1.54, 1.807) is 222 Å². The topological polar surface area (TPSA) is 58.5 Å². The summed E-state index contributed by atoms with van der Waals surface area (Å²) in [6, 6.07) is 11.1. The molecule has 1 aliphatic heterocycles. The molecule has 0 saturated heterocycles. The van der Waals surface area contributed by atoms with Gasteiger partial charge in [-0.3, -0.25) is 0 Å². The van der Waals surface area contributed by atoms with Gasteiger partial charge in [0.25, 0.3) is 0 Å². The lowest BCUT2D eigenvalue weighted by molar-refractivity contribution is -0.0122. The van der Waals surface area contributed by atoms with Gasteiger partial charge in [-0.05, 0) is 354 Å². The normalized spacial score (nSPS) is 20.5. The first-order chi connectivity index (χ1) is 42.2. The van der Waals surface area contributed by atoms with Crippen molar-refractivity contribution >= 4 is 318 Å². The van der Waals surface area contributed by atoms with Gasteiger partial charge in [0.1, 0.15) is 11.1 Å². The summed E-state index contributed by atoms with van der Waals surface area (Å²) in [7, 11) is 7.03. The van der Waals surface area contributed by atoms with Gasteiger partial charge < -0.3 is 23.8 Å². The van der Waals surface area contributed by atoms with Crippen molar-refractivity contribution in [2.75, 3.05) is 28.4 Å². The number of nitrogens with zero attached hydrogens (tertiary/aromatic N) is 1. The molecule has 6 nitrogen and oxygen atoms in total. The minimum atomic E-state index is -1.05. The number of fused-ring (bicyclic) bond motifs is 2. The highest BCUT2D eigenvalue weighted by Crippen LogP contribution is 2.86. The van der Waals surface area contributed by atoms with Crippen LogP contribution in [0.1, 0.15) is 27.8 Å². The molecular formula is C79H17NO5. The molecule has 368 valence electrons. The molecule has 31 aromatic rings. The highest BCUT2D eigenvalue weighted by molar-refractivity contribution is 6.82. The van der Waals surface area contributed by atoms with Gasteiger partial charge in [0, 0.05) is 16.7 Å². The average molecular weight is 1060 g/mol. The molecule has 85 heavy (non-hydrogen) atoms. The molecule has 0 saturated carbocycles. The Morgan fingerprint density at radius 3 is 0.671 bits per heavy atom. The zero-order valence-electron chi connectivity index (χ0n) is 44.4. The van der Waals surface area contributed by atoms with E-state index >= 15 is 0 Å². The van der Waals surface area contributed by atoms with Crippen LogP contribution in [-0.4, -0.2) is 34.2 Å². The second kappa shape index (κ2) is 8.19. The molecule has 0 fully saturated rings. The van der Waals surface area contributed by atoms with Gasteiger partial charge in [0.15, 0.2) is 23.0 Å². The van der Waals surface area contributed by atoms with E-state index in [4.69, 9.17) is 28.9 Å². The van der Waals surface area contributed by atoms with Gasteiger partial charge in [-0.25, -0.2) is 0 Å². The molecular weight excluding hydrogens is 1040 g/mol. The van der Waals surface area contributed by atoms with Crippen LogP contribution in [0.3, 0.4) is 0 Å². The minimum absolute atomic E-state index is 0.684. The Labute approximate surface area is 465 Å². The molecule has 0 bridgehead atoms. The second-order valence-corrected chi connectivity index (χ2v) is 28.8. The van der Waals surface area contributed by atoms with Crippen LogP contribution in [0.15, 0.2) is 35.5 Å². The van der Waals surface area contributed by atoms with Gasteiger partial charge in [-0.1, -0.05) is 5.16 Å². The quantitative estimate of drug-likeness (QED) is 0.127. The molecule has 0 N–H and O–H groups in total. The summed E-state index contributed by atoms with van der Waals surface area (Å²) < 4.78 is 25.1. The maximum absolute atomic E-state index is 8.48. The van der Waals surface area contributed by atoms with E-state index in [9.17, 15) is 0 Å². The average Bonchev–Trinajstić information content (AvgIpc) is 1.38. The molecule has 0 radical (unpaired) electrons. The van der Waals surface area contributed by atoms with Crippen LogP contribution in [0.5, 0.6) is 23.0 Å². The Morgan fingerprint density at radius 1 is 0.247 bits per heavy atom. The van der Waals surface area contributed by atoms with Gasteiger partial charge in [0.2, 0.25) is 5.60 Å². The van der Waals surface area contributed by atoms with Crippen molar-refractivity contribution in [2.45, 2.75) is 11.0 Å². The van der Waals surface area contributed by atoms with E-state index < -0.39 is 11.0 Å². The molecule has 5 aliphatic rings. The summed E-state index contributed by atoms with van der Waals surface area (Å²) in [5.41, 5.74) is 5.82. The lowest BCUT2D eigenvalue weighted by Crippen LogP contribution is -2.54. The van der Waals surface area contributed by atoms with E-state index in [2.05, 4.69) is 30.3 Å².